The van der Waals surface area contributed by atoms with Crippen molar-refractivity contribution in [3.63, 3.8) is 0 Å². The number of thiazole rings is 1. The lowest BCUT2D eigenvalue weighted by Gasteiger charge is -2.34. The van der Waals surface area contributed by atoms with Crippen LogP contribution < -0.4 is 0 Å². The average molecular weight is 291 g/mol. The molecule has 20 heavy (non-hydrogen) atoms. The summed E-state index contributed by atoms with van der Waals surface area (Å²) in [5.41, 5.74) is 1.27. The molecule has 2 aromatic heterocycles. The lowest BCUT2D eigenvalue weighted by molar-refractivity contribution is 0.0609. The number of carbonyl (C=O) groups excluding carboxylic acids is 1. The molecule has 106 valence electrons. The summed E-state index contributed by atoms with van der Waals surface area (Å²) in [6.07, 6.45) is 4.95. The van der Waals surface area contributed by atoms with Gasteiger partial charge in [0, 0.05) is 18.1 Å². The summed E-state index contributed by atoms with van der Waals surface area (Å²) in [5.74, 6) is 0.608. The summed E-state index contributed by atoms with van der Waals surface area (Å²) in [5, 5.41) is 6.86. The fourth-order valence-corrected chi connectivity index (χ4v) is 3.55. The molecule has 0 bridgehead atoms. The van der Waals surface area contributed by atoms with Crippen LogP contribution in [0.1, 0.15) is 52.1 Å². The molecule has 1 fully saturated rings. The third kappa shape index (κ3) is 2.24. The minimum atomic E-state index is 0.0150. The van der Waals surface area contributed by atoms with Crippen LogP contribution in [0.5, 0.6) is 0 Å². The Hall–Kier alpha value is -1.69. The van der Waals surface area contributed by atoms with Crippen LogP contribution in [0.4, 0.5) is 0 Å². The topological polar surface area (TPSA) is 59.2 Å². The quantitative estimate of drug-likeness (QED) is 0.853. The zero-order chi connectivity index (χ0) is 14.1. The van der Waals surface area contributed by atoms with E-state index in [1.807, 2.05) is 17.2 Å². The molecular formula is C14H17N3O2S. The first-order chi connectivity index (χ1) is 9.68. The normalized spacial score (nSPS) is 19.3. The van der Waals surface area contributed by atoms with Crippen molar-refractivity contribution in [2.24, 2.45) is 0 Å². The smallest absolute Gasteiger partial charge is 0.259 e. The van der Waals surface area contributed by atoms with Crippen molar-refractivity contribution in [2.75, 3.05) is 6.54 Å². The van der Waals surface area contributed by atoms with Crippen LogP contribution in [0, 0.1) is 13.8 Å². The van der Waals surface area contributed by atoms with Crippen molar-refractivity contribution in [1.82, 2.24) is 15.0 Å². The van der Waals surface area contributed by atoms with Gasteiger partial charge in [0.1, 0.15) is 16.3 Å². The molecule has 0 aliphatic carbocycles. The summed E-state index contributed by atoms with van der Waals surface area (Å²) in [7, 11) is 0. The molecule has 0 aromatic carbocycles. The van der Waals surface area contributed by atoms with E-state index in [0.717, 1.165) is 30.8 Å². The van der Waals surface area contributed by atoms with E-state index in [4.69, 9.17) is 4.52 Å². The lowest BCUT2D eigenvalue weighted by atomic mass is 10.0. The molecule has 5 nitrogen and oxygen atoms in total. The minimum Gasteiger partial charge on any atom is -0.361 e. The number of aryl methyl sites for hydroxylation is 2. The van der Waals surface area contributed by atoms with Gasteiger partial charge in [-0.05, 0) is 33.1 Å². The number of nitrogens with zero attached hydrogens (tertiary/aromatic N) is 3. The molecule has 1 atom stereocenters. The van der Waals surface area contributed by atoms with Gasteiger partial charge in [-0.25, -0.2) is 4.98 Å². The van der Waals surface area contributed by atoms with Gasteiger partial charge >= 0.3 is 0 Å². The second kappa shape index (κ2) is 5.36. The van der Waals surface area contributed by atoms with Crippen molar-refractivity contribution in [1.29, 1.82) is 0 Å². The van der Waals surface area contributed by atoms with Crippen LogP contribution in [0.25, 0.3) is 0 Å². The van der Waals surface area contributed by atoms with Gasteiger partial charge in [-0.3, -0.25) is 4.79 Å². The maximum Gasteiger partial charge on any atom is 0.259 e. The van der Waals surface area contributed by atoms with E-state index in [1.165, 1.54) is 0 Å². The van der Waals surface area contributed by atoms with Crippen molar-refractivity contribution >= 4 is 17.2 Å². The van der Waals surface area contributed by atoms with Gasteiger partial charge in [-0.1, -0.05) is 5.16 Å². The first-order valence-electron chi connectivity index (χ1n) is 6.81. The summed E-state index contributed by atoms with van der Waals surface area (Å²) < 4.78 is 5.12. The van der Waals surface area contributed by atoms with Gasteiger partial charge in [0.15, 0.2) is 0 Å². The number of aromatic nitrogens is 2. The lowest BCUT2D eigenvalue weighted by Crippen LogP contribution is -2.38. The molecule has 1 saturated heterocycles. The van der Waals surface area contributed by atoms with Gasteiger partial charge in [0.05, 0.1) is 11.7 Å². The van der Waals surface area contributed by atoms with Gasteiger partial charge in [-0.2, -0.15) is 0 Å². The Morgan fingerprint density at radius 3 is 2.95 bits per heavy atom. The maximum atomic E-state index is 12.8. The Morgan fingerprint density at radius 2 is 2.30 bits per heavy atom. The van der Waals surface area contributed by atoms with Gasteiger partial charge < -0.3 is 9.42 Å². The molecule has 0 saturated carbocycles. The fraction of sp³-hybridized carbons (Fsp3) is 0.500. The standard InChI is InChI=1S/C14H17N3O2S/c1-9-12(10(2)19-16-9)14(18)17-7-4-3-5-11(17)13-15-6-8-20-13/h6,8,11H,3-5,7H2,1-2H3. The molecule has 0 radical (unpaired) electrons. The predicted molar refractivity (Wildman–Crippen MR) is 75.7 cm³/mol. The molecule has 3 heterocycles. The van der Waals surface area contributed by atoms with E-state index >= 15 is 0 Å². The molecule has 0 N–H and O–H groups in total. The first-order valence-corrected chi connectivity index (χ1v) is 7.69. The Kier molecular flexibility index (Phi) is 3.56. The molecular weight excluding hydrogens is 274 g/mol. The second-order valence-electron chi connectivity index (χ2n) is 5.08. The highest BCUT2D eigenvalue weighted by atomic mass is 32.1. The van der Waals surface area contributed by atoms with Crippen LogP contribution in [0.15, 0.2) is 16.1 Å². The number of hydrogen-bond acceptors (Lipinski definition) is 5. The summed E-state index contributed by atoms with van der Waals surface area (Å²) in [4.78, 5) is 19.1. The van der Waals surface area contributed by atoms with Crippen LogP contribution in [-0.2, 0) is 0 Å². The number of hydrogen-bond donors (Lipinski definition) is 0. The number of piperidine rings is 1. The van der Waals surface area contributed by atoms with Gasteiger partial charge in [0.2, 0.25) is 0 Å². The van der Waals surface area contributed by atoms with E-state index in [1.54, 1.807) is 24.5 Å². The zero-order valence-electron chi connectivity index (χ0n) is 11.6. The fourth-order valence-electron chi connectivity index (χ4n) is 2.76. The zero-order valence-corrected chi connectivity index (χ0v) is 12.4. The molecule has 0 spiro atoms. The summed E-state index contributed by atoms with van der Waals surface area (Å²) in [6.45, 7) is 4.37. The highest BCUT2D eigenvalue weighted by Gasteiger charge is 2.32. The van der Waals surface area contributed by atoms with Crippen molar-refractivity contribution in [3.05, 3.63) is 33.6 Å². The van der Waals surface area contributed by atoms with Crippen LogP contribution >= 0.6 is 11.3 Å². The monoisotopic (exact) mass is 291 g/mol. The van der Waals surface area contributed by atoms with Crippen LogP contribution in [0.3, 0.4) is 0 Å². The van der Waals surface area contributed by atoms with E-state index in [0.29, 0.717) is 17.0 Å². The van der Waals surface area contributed by atoms with Crippen molar-refractivity contribution in [3.8, 4) is 0 Å². The molecule has 1 aliphatic heterocycles. The van der Waals surface area contributed by atoms with Gasteiger partial charge in [0.25, 0.3) is 5.91 Å². The summed E-state index contributed by atoms with van der Waals surface area (Å²) >= 11 is 1.61. The Bertz CT molecular complexity index is 586. The number of rotatable bonds is 2. The Labute approximate surface area is 121 Å². The number of amides is 1. The highest BCUT2D eigenvalue weighted by Crippen LogP contribution is 2.33. The van der Waals surface area contributed by atoms with E-state index in [2.05, 4.69) is 10.1 Å². The molecule has 1 amide bonds. The largest absolute Gasteiger partial charge is 0.361 e. The molecule has 6 heteroatoms. The highest BCUT2D eigenvalue weighted by molar-refractivity contribution is 7.09. The molecule has 1 aliphatic rings. The third-order valence-electron chi connectivity index (χ3n) is 3.75. The van der Waals surface area contributed by atoms with E-state index < -0.39 is 0 Å². The van der Waals surface area contributed by atoms with E-state index in [-0.39, 0.29) is 11.9 Å². The van der Waals surface area contributed by atoms with Crippen molar-refractivity contribution in [2.45, 2.75) is 39.2 Å². The average Bonchev–Trinajstić information content (AvgIpc) is 3.09. The van der Waals surface area contributed by atoms with Crippen LogP contribution in [-0.4, -0.2) is 27.5 Å². The van der Waals surface area contributed by atoms with Crippen molar-refractivity contribution < 1.29 is 9.32 Å². The van der Waals surface area contributed by atoms with Crippen LogP contribution in [0.2, 0.25) is 0 Å². The second-order valence-corrected chi connectivity index (χ2v) is 6.01. The molecule has 1 unspecified atom stereocenters. The summed E-state index contributed by atoms with van der Waals surface area (Å²) in [6, 6.07) is 0.0879. The van der Waals surface area contributed by atoms with E-state index in [9.17, 15) is 4.79 Å². The number of carbonyl (C=O) groups is 1. The minimum absolute atomic E-state index is 0.0150. The SMILES string of the molecule is Cc1noc(C)c1C(=O)N1CCCCC1c1nccs1. The predicted octanol–water partition coefficient (Wildman–Crippen LogP) is 3.12. The third-order valence-corrected chi connectivity index (χ3v) is 4.62. The maximum absolute atomic E-state index is 12.8. The Morgan fingerprint density at radius 1 is 1.45 bits per heavy atom. The molecule has 3 rings (SSSR count). The molecule has 2 aromatic rings. The van der Waals surface area contributed by atoms with Gasteiger partial charge in [-0.15, -0.1) is 11.3 Å². The Balaban J connectivity index is 1.92. The number of likely N-dealkylation sites (tertiary alicyclic amines) is 1. The first kappa shape index (κ1) is 13.3.